The monoisotopic (exact) mass is 594 g/mol. The van der Waals surface area contributed by atoms with Crippen molar-refractivity contribution in [2.45, 2.75) is 5.41 Å². The summed E-state index contributed by atoms with van der Waals surface area (Å²) in [6.07, 6.45) is 0. The maximum Gasteiger partial charge on any atom is 0.0719 e. The Bertz CT molecular complexity index is 2530. The Kier molecular flexibility index (Phi) is 5.59. The molecule has 218 valence electrons. The number of rotatable bonds is 4. The van der Waals surface area contributed by atoms with Crippen LogP contribution < -0.4 is 0 Å². The van der Waals surface area contributed by atoms with Gasteiger partial charge in [-0.2, -0.15) is 0 Å². The fourth-order valence-electron chi connectivity index (χ4n) is 8.63. The van der Waals surface area contributed by atoms with E-state index in [1.165, 1.54) is 88.3 Å². The quantitative estimate of drug-likeness (QED) is 0.190. The van der Waals surface area contributed by atoms with Gasteiger partial charge in [0.1, 0.15) is 0 Å². The van der Waals surface area contributed by atoms with Crippen molar-refractivity contribution in [3.05, 3.63) is 215 Å². The lowest BCUT2D eigenvalue weighted by atomic mass is 9.65. The summed E-state index contributed by atoms with van der Waals surface area (Å²) >= 11 is 0. The highest BCUT2D eigenvalue weighted by Crippen LogP contribution is 2.63. The molecule has 0 saturated heterocycles. The zero-order chi connectivity index (χ0) is 31.0. The number of allylic oxidation sites excluding steroid dienone is 1. The van der Waals surface area contributed by atoms with Gasteiger partial charge in [-0.3, -0.25) is 0 Å². The van der Waals surface area contributed by atoms with Crippen molar-refractivity contribution in [1.29, 1.82) is 0 Å². The van der Waals surface area contributed by atoms with Crippen LogP contribution >= 0.6 is 0 Å². The smallest absolute Gasteiger partial charge is 0.0622 e. The summed E-state index contributed by atoms with van der Waals surface area (Å²) in [7, 11) is 0. The second-order valence-electron chi connectivity index (χ2n) is 12.8. The van der Waals surface area contributed by atoms with Crippen LogP contribution in [0, 0.1) is 0 Å². The Morgan fingerprint density at radius 2 is 0.851 bits per heavy atom. The molecule has 0 nitrogen and oxygen atoms in total. The van der Waals surface area contributed by atoms with Gasteiger partial charge in [-0.1, -0.05) is 182 Å². The molecule has 0 aromatic heterocycles. The lowest BCUT2D eigenvalue weighted by molar-refractivity contribution is 0.816. The van der Waals surface area contributed by atoms with E-state index in [0.717, 1.165) is 0 Å². The highest BCUT2D eigenvalue weighted by Gasteiger charge is 2.51. The van der Waals surface area contributed by atoms with E-state index in [0.29, 0.717) is 0 Å². The molecule has 0 saturated carbocycles. The Morgan fingerprint density at radius 1 is 0.319 bits per heavy atom. The summed E-state index contributed by atoms with van der Waals surface area (Å²) in [6.45, 7) is 0. The van der Waals surface area contributed by atoms with Gasteiger partial charge in [-0.15, -0.1) is 0 Å². The summed E-state index contributed by atoms with van der Waals surface area (Å²) in [4.78, 5) is 0. The molecule has 0 fully saturated rings. The van der Waals surface area contributed by atoms with Crippen LogP contribution in [0.2, 0.25) is 0 Å². The molecule has 8 aromatic rings. The second kappa shape index (κ2) is 10.0. The van der Waals surface area contributed by atoms with E-state index in [2.05, 4.69) is 182 Å². The van der Waals surface area contributed by atoms with Crippen molar-refractivity contribution >= 4 is 32.7 Å². The van der Waals surface area contributed by atoms with Crippen LogP contribution in [-0.2, 0) is 5.41 Å². The molecule has 0 heteroatoms. The molecular formula is C47H30. The zero-order valence-corrected chi connectivity index (χ0v) is 25.8. The SMILES string of the molecule is c1ccc(-c2ccc(-c3ccc(C4(c5ccccc5)C5=C(c6ccccc64)c4cccc6cccc5c46)cc3)c3ccccc23)cc1. The Morgan fingerprint density at radius 3 is 1.55 bits per heavy atom. The topological polar surface area (TPSA) is 0 Å². The molecule has 0 aliphatic heterocycles. The molecule has 0 heterocycles. The third kappa shape index (κ3) is 3.59. The van der Waals surface area contributed by atoms with Crippen molar-refractivity contribution in [3.63, 3.8) is 0 Å². The molecule has 10 rings (SSSR count). The predicted molar refractivity (Wildman–Crippen MR) is 197 cm³/mol. The summed E-state index contributed by atoms with van der Waals surface area (Å²) in [5.41, 5.74) is 15.3. The summed E-state index contributed by atoms with van der Waals surface area (Å²) in [6, 6.07) is 67.4. The highest BCUT2D eigenvalue weighted by atomic mass is 14.5. The summed E-state index contributed by atoms with van der Waals surface area (Å²) < 4.78 is 0. The highest BCUT2D eigenvalue weighted by molar-refractivity contribution is 6.23. The molecular weight excluding hydrogens is 565 g/mol. The Hall–Kier alpha value is -5.98. The molecule has 1 unspecified atom stereocenters. The van der Waals surface area contributed by atoms with E-state index in [1.54, 1.807) is 0 Å². The maximum atomic E-state index is 2.39. The average molecular weight is 595 g/mol. The molecule has 8 aromatic carbocycles. The van der Waals surface area contributed by atoms with Gasteiger partial charge in [0.2, 0.25) is 0 Å². The minimum absolute atomic E-state index is 0.446. The molecule has 0 amide bonds. The average Bonchev–Trinajstić information content (AvgIpc) is 3.65. The van der Waals surface area contributed by atoms with Crippen LogP contribution in [0.5, 0.6) is 0 Å². The fourth-order valence-corrected chi connectivity index (χ4v) is 8.63. The maximum absolute atomic E-state index is 2.39. The fraction of sp³-hybridized carbons (Fsp3) is 0.0213. The van der Waals surface area contributed by atoms with Gasteiger partial charge in [-0.25, -0.2) is 0 Å². The minimum atomic E-state index is -0.446. The standard InChI is InChI=1S/C47H30/c1-3-13-31(14-4-1)36-29-30-37(39-20-8-7-19-38(36)39)32-25-27-35(28-26-32)47(34-17-5-2-6-18-34)43-24-10-9-21-40(43)45-41-22-11-15-33-16-12-23-42(44(33)41)46(45)47/h1-30H. The normalized spacial score (nSPS) is 16.1. The van der Waals surface area contributed by atoms with Crippen LogP contribution in [0.1, 0.15) is 33.4 Å². The molecule has 2 aliphatic carbocycles. The van der Waals surface area contributed by atoms with Crippen molar-refractivity contribution in [2.24, 2.45) is 0 Å². The van der Waals surface area contributed by atoms with Gasteiger partial charge in [-0.05, 0) is 88.3 Å². The number of fused-ring (bicyclic) bond motifs is 5. The van der Waals surface area contributed by atoms with Gasteiger partial charge >= 0.3 is 0 Å². The van der Waals surface area contributed by atoms with Crippen LogP contribution in [0.15, 0.2) is 182 Å². The third-order valence-corrected chi connectivity index (χ3v) is 10.5. The Balaban J connectivity index is 1.21. The summed E-state index contributed by atoms with van der Waals surface area (Å²) in [5.74, 6) is 0. The van der Waals surface area contributed by atoms with Crippen molar-refractivity contribution in [1.82, 2.24) is 0 Å². The summed E-state index contributed by atoms with van der Waals surface area (Å²) in [5, 5.41) is 5.22. The van der Waals surface area contributed by atoms with Gasteiger partial charge in [0.25, 0.3) is 0 Å². The molecule has 0 radical (unpaired) electrons. The lowest BCUT2D eigenvalue weighted by Crippen LogP contribution is -2.29. The second-order valence-corrected chi connectivity index (χ2v) is 12.8. The third-order valence-electron chi connectivity index (χ3n) is 10.5. The minimum Gasteiger partial charge on any atom is -0.0622 e. The van der Waals surface area contributed by atoms with Gasteiger partial charge in [0, 0.05) is 0 Å². The number of hydrogen-bond acceptors (Lipinski definition) is 0. The number of hydrogen-bond donors (Lipinski definition) is 0. The van der Waals surface area contributed by atoms with E-state index in [1.807, 2.05) is 0 Å². The van der Waals surface area contributed by atoms with Crippen LogP contribution in [0.25, 0.3) is 54.9 Å². The largest absolute Gasteiger partial charge is 0.0719 e. The first-order valence-electron chi connectivity index (χ1n) is 16.4. The van der Waals surface area contributed by atoms with Gasteiger partial charge in [0.15, 0.2) is 0 Å². The van der Waals surface area contributed by atoms with E-state index >= 15 is 0 Å². The predicted octanol–water partition coefficient (Wildman–Crippen LogP) is 11.9. The first-order chi connectivity index (χ1) is 23.3. The van der Waals surface area contributed by atoms with E-state index in [4.69, 9.17) is 0 Å². The molecule has 2 aliphatic rings. The van der Waals surface area contributed by atoms with Crippen LogP contribution in [0.3, 0.4) is 0 Å². The molecule has 0 spiro atoms. The van der Waals surface area contributed by atoms with Crippen molar-refractivity contribution < 1.29 is 0 Å². The van der Waals surface area contributed by atoms with Crippen LogP contribution in [-0.4, -0.2) is 0 Å². The van der Waals surface area contributed by atoms with E-state index in [9.17, 15) is 0 Å². The molecule has 0 bridgehead atoms. The Labute approximate surface area is 274 Å². The van der Waals surface area contributed by atoms with E-state index in [-0.39, 0.29) is 0 Å². The lowest BCUT2D eigenvalue weighted by Gasteiger charge is -2.36. The number of benzene rings is 8. The molecule has 0 N–H and O–H groups in total. The van der Waals surface area contributed by atoms with Crippen LogP contribution in [0.4, 0.5) is 0 Å². The first-order valence-corrected chi connectivity index (χ1v) is 16.4. The van der Waals surface area contributed by atoms with Crippen molar-refractivity contribution in [3.8, 4) is 22.3 Å². The zero-order valence-electron chi connectivity index (χ0n) is 25.8. The van der Waals surface area contributed by atoms with Gasteiger partial charge < -0.3 is 0 Å². The molecule has 47 heavy (non-hydrogen) atoms. The van der Waals surface area contributed by atoms with Gasteiger partial charge in [0.05, 0.1) is 5.41 Å². The molecule has 1 atom stereocenters. The first kappa shape index (κ1) is 26.3. The van der Waals surface area contributed by atoms with E-state index < -0.39 is 5.41 Å². The van der Waals surface area contributed by atoms with Crippen molar-refractivity contribution in [2.75, 3.05) is 0 Å².